The van der Waals surface area contributed by atoms with Crippen LogP contribution in [0.25, 0.3) is 10.9 Å². The first-order valence-electron chi connectivity index (χ1n) is 4.71. The molecule has 0 fully saturated rings. The van der Waals surface area contributed by atoms with Gasteiger partial charge in [-0.05, 0) is 18.2 Å². The highest BCUT2D eigenvalue weighted by atomic mass is 16.2. The molecule has 1 unspecified atom stereocenters. The Balaban J connectivity index is 2.38. The van der Waals surface area contributed by atoms with Gasteiger partial charge in [-0.2, -0.15) is 0 Å². The van der Waals surface area contributed by atoms with E-state index in [-0.39, 0.29) is 5.91 Å². The minimum Gasteiger partial charge on any atom is -0.323 e. The van der Waals surface area contributed by atoms with Crippen LogP contribution in [0.15, 0.2) is 30.5 Å². The van der Waals surface area contributed by atoms with Gasteiger partial charge in [-0.15, -0.1) is 0 Å². The van der Waals surface area contributed by atoms with Gasteiger partial charge in [-0.1, -0.05) is 6.07 Å². The molecule has 2 heterocycles. The number of aromatic nitrogens is 1. The van der Waals surface area contributed by atoms with Crippen LogP contribution in [-0.2, 0) is 4.79 Å². The second-order valence-corrected chi connectivity index (χ2v) is 3.57. The average molecular weight is 199 g/mol. The molecule has 0 aliphatic carbocycles. The number of nitrogens with one attached hydrogen (secondary N) is 1. The van der Waals surface area contributed by atoms with Crippen LogP contribution in [0, 0.1) is 0 Å². The minimum atomic E-state index is -0.551. The molecule has 0 spiro atoms. The first-order valence-corrected chi connectivity index (χ1v) is 4.71. The second-order valence-electron chi connectivity index (χ2n) is 3.57. The molecule has 0 saturated carbocycles. The average Bonchev–Trinajstić information content (AvgIpc) is 2.56. The standard InChI is InChI=1S/C11H9N3O/c12-9-7-3-4-8-6(2-1-5-13-8)10(7)14-11(9)15/h1-5,9H,12H2,(H,14,15). The van der Waals surface area contributed by atoms with Crippen LogP contribution in [-0.4, -0.2) is 10.9 Å². The molecule has 1 aliphatic rings. The van der Waals surface area contributed by atoms with Gasteiger partial charge >= 0.3 is 0 Å². The lowest BCUT2D eigenvalue weighted by molar-refractivity contribution is -0.116. The van der Waals surface area contributed by atoms with Crippen LogP contribution in [0.1, 0.15) is 11.6 Å². The monoisotopic (exact) mass is 199 g/mol. The molecule has 3 rings (SSSR count). The van der Waals surface area contributed by atoms with Crippen molar-refractivity contribution in [3.63, 3.8) is 0 Å². The van der Waals surface area contributed by atoms with Gasteiger partial charge in [0.1, 0.15) is 6.04 Å². The zero-order valence-corrected chi connectivity index (χ0v) is 7.90. The molecular formula is C11H9N3O. The van der Waals surface area contributed by atoms with E-state index in [0.717, 1.165) is 22.2 Å². The molecule has 2 aromatic rings. The fourth-order valence-corrected chi connectivity index (χ4v) is 1.91. The Kier molecular flexibility index (Phi) is 1.55. The predicted octanol–water partition coefficient (Wildman–Crippen LogP) is 1.19. The molecule has 1 atom stereocenters. The van der Waals surface area contributed by atoms with E-state index < -0.39 is 6.04 Å². The van der Waals surface area contributed by atoms with Crippen LogP contribution in [0.3, 0.4) is 0 Å². The van der Waals surface area contributed by atoms with Crippen molar-refractivity contribution in [2.75, 3.05) is 5.32 Å². The van der Waals surface area contributed by atoms with Gasteiger partial charge in [0.2, 0.25) is 5.91 Å². The van der Waals surface area contributed by atoms with Gasteiger partial charge in [0.05, 0.1) is 11.2 Å². The fourth-order valence-electron chi connectivity index (χ4n) is 1.91. The van der Waals surface area contributed by atoms with Crippen LogP contribution in [0.2, 0.25) is 0 Å². The third-order valence-corrected chi connectivity index (χ3v) is 2.68. The zero-order valence-electron chi connectivity index (χ0n) is 7.90. The number of benzene rings is 1. The van der Waals surface area contributed by atoms with Crippen molar-refractivity contribution < 1.29 is 4.79 Å². The normalized spacial score (nSPS) is 19.0. The van der Waals surface area contributed by atoms with E-state index in [4.69, 9.17) is 5.73 Å². The van der Waals surface area contributed by atoms with Crippen molar-refractivity contribution in [1.82, 2.24) is 4.98 Å². The number of fused-ring (bicyclic) bond motifs is 3. The zero-order chi connectivity index (χ0) is 10.4. The maximum Gasteiger partial charge on any atom is 0.245 e. The molecule has 0 radical (unpaired) electrons. The maximum absolute atomic E-state index is 11.4. The molecule has 15 heavy (non-hydrogen) atoms. The number of hydrogen-bond acceptors (Lipinski definition) is 3. The Morgan fingerprint density at radius 2 is 2.20 bits per heavy atom. The highest BCUT2D eigenvalue weighted by Gasteiger charge is 2.28. The number of nitrogens with two attached hydrogens (primary N) is 1. The number of pyridine rings is 1. The van der Waals surface area contributed by atoms with Crippen LogP contribution in [0.5, 0.6) is 0 Å². The molecule has 1 amide bonds. The number of nitrogens with zero attached hydrogens (tertiary/aromatic N) is 1. The summed E-state index contributed by atoms with van der Waals surface area (Å²) in [5.41, 5.74) is 8.27. The molecule has 3 N–H and O–H groups in total. The van der Waals surface area contributed by atoms with E-state index in [1.54, 1.807) is 6.20 Å². The number of carbonyl (C=O) groups is 1. The van der Waals surface area contributed by atoms with Gasteiger partial charge in [-0.3, -0.25) is 9.78 Å². The lowest BCUT2D eigenvalue weighted by atomic mass is 10.1. The lowest BCUT2D eigenvalue weighted by Crippen LogP contribution is -2.19. The Morgan fingerprint density at radius 3 is 3.07 bits per heavy atom. The van der Waals surface area contributed by atoms with E-state index in [9.17, 15) is 4.79 Å². The summed E-state index contributed by atoms with van der Waals surface area (Å²) in [4.78, 5) is 15.6. The van der Waals surface area contributed by atoms with Crippen molar-refractivity contribution in [2.24, 2.45) is 5.73 Å². The first-order chi connectivity index (χ1) is 7.27. The summed E-state index contributed by atoms with van der Waals surface area (Å²) in [5, 5.41) is 3.73. The lowest BCUT2D eigenvalue weighted by Gasteiger charge is -2.04. The third-order valence-electron chi connectivity index (χ3n) is 2.68. The molecule has 1 aromatic carbocycles. The molecular weight excluding hydrogens is 190 g/mol. The van der Waals surface area contributed by atoms with Crippen molar-refractivity contribution in [3.8, 4) is 0 Å². The Bertz CT molecular complexity index is 565. The molecule has 74 valence electrons. The number of anilines is 1. The minimum absolute atomic E-state index is 0.152. The van der Waals surface area contributed by atoms with Crippen molar-refractivity contribution in [2.45, 2.75) is 6.04 Å². The van der Waals surface area contributed by atoms with E-state index in [0.29, 0.717) is 0 Å². The number of carbonyl (C=O) groups excluding carboxylic acids is 1. The van der Waals surface area contributed by atoms with Gasteiger partial charge in [0, 0.05) is 17.1 Å². The quantitative estimate of drug-likeness (QED) is 0.669. The molecule has 1 aliphatic heterocycles. The second kappa shape index (κ2) is 2.77. The summed E-state index contributed by atoms with van der Waals surface area (Å²) in [6.45, 7) is 0. The van der Waals surface area contributed by atoms with Crippen LogP contribution < -0.4 is 11.1 Å². The Morgan fingerprint density at radius 1 is 1.33 bits per heavy atom. The third kappa shape index (κ3) is 1.05. The van der Waals surface area contributed by atoms with E-state index in [1.807, 2.05) is 24.3 Å². The van der Waals surface area contributed by atoms with E-state index in [1.165, 1.54) is 0 Å². The van der Waals surface area contributed by atoms with Gasteiger partial charge in [0.25, 0.3) is 0 Å². The molecule has 4 heteroatoms. The van der Waals surface area contributed by atoms with Gasteiger partial charge in [-0.25, -0.2) is 0 Å². The van der Waals surface area contributed by atoms with Crippen LogP contribution >= 0.6 is 0 Å². The van der Waals surface area contributed by atoms with Gasteiger partial charge < -0.3 is 11.1 Å². The largest absolute Gasteiger partial charge is 0.323 e. The summed E-state index contributed by atoms with van der Waals surface area (Å²) < 4.78 is 0. The highest BCUT2D eigenvalue weighted by Crippen LogP contribution is 2.34. The summed E-state index contributed by atoms with van der Waals surface area (Å²) >= 11 is 0. The van der Waals surface area contributed by atoms with Crippen molar-refractivity contribution >= 4 is 22.5 Å². The summed E-state index contributed by atoms with van der Waals surface area (Å²) in [7, 11) is 0. The predicted molar refractivity (Wildman–Crippen MR) is 57.3 cm³/mol. The smallest absolute Gasteiger partial charge is 0.245 e. The van der Waals surface area contributed by atoms with E-state index in [2.05, 4.69) is 10.3 Å². The summed E-state index contributed by atoms with van der Waals surface area (Å²) in [6.07, 6.45) is 1.73. The van der Waals surface area contributed by atoms with Crippen LogP contribution in [0.4, 0.5) is 5.69 Å². The van der Waals surface area contributed by atoms with Crippen molar-refractivity contribution in [3.05, 3.63) is 36.0 Å². The summed E-state index contributed by atoms with van der Waals surface area (Å²) in [6, 6.07) is 6.96. The Hall–Kier alpha value is -1.94. The molecule has 4 nitrogen and oxygen atoms in total. The number of hydrogen-bond donors (Lipinski definition) is 2. The number of rotatable bonds is 0. The highest BCUT2D eigenvalue weighted by molar-refractivity contribution is 6.10. The topological polar surface area (TPSA) is 68.0 Å². The summed E-state index contributed by atoms with van der Waals surface area (Å²) in [5.74, 6) is -0.152. The number of amides is 1. The molecule has 1 aromatic heterocycles. The van der Waals surface area contributed by atoms with Gasteiger partial charge in [0.15, 0.2) is 0 Å². The van der Waals surface area contributed by atoms with E-state index >= 15 is 0 Å². The van der Waals surface area contributed by atoms with Crippen molar-refractivity contribution in [1.29, 1.82) is 0 Å². The molecule has 0 bridgehead atoms. The SMILES string of the molecule is NC1C(=O)Nc2c1ccc1ncccc21. The maximum atomic E-state index is 11.4. The fraction of sp³-hybridized carbons (Fsp3) is 0.0909. The first kappa shape index (κ1) is 8.38. The Labute approximate surface area is 86.1 Å². The molecule has 0 saturated heterocycles.